The van der Waals surface area contributed by atoms with Gasteiger partial charge in [-0.25, -0.2) is 14.3 Å². The van der Waals surface area contributed by atoms with E-state index in [9.17, 15) is 27.2 Å². The van der Waals surface area contributed by atoms with Gasteiger partial charge in [0.25, 0.3) is 0 Å². The molecule has 0 radical (unpaired) electrons. The van der Waals surface area contributed by atoms with E-state index in [1.54, 1.807) is 13.8 Å². The van der Waals surface area contributed by atoms with Gasteiger partial charge in [-0.2, -0.15) is 18.4 Å². The maximum absolute atomic E-state index is 13.5. The fourth-order valence-electron chi connectivity index (χ4n) is 5.80. The van der Waals surface area contributed by atoms with Crippen LogP contribution in [0.5, 0.6) is 5.88 Å². The largest absolute Gasteiger partial charge is 0.477 e. The lowest BCUT2D eigenvalue weighted by molar-refractivity contribution is -0.138. The number of amides is 2. The van der Waals surface area contributed by atoms with Gasteiger partial charge in [0.2, 0.25) is 17.7 Å². The first kappa shape index (κ1) is 23.2. The van der Waals surface area contributed by atoms with Crippen molar-refractivity contribution in [3.05, 3.63) is 53.5 Å². The highest BCUT2D eigenvalue weighted by Crippen LogP contribution is 2.63. The minimum absolute atomic E-state index is 0.0878. The van der Waals surface area contributed by atoms with Gasteiger partial charge in [-0.15, -0.1) is 0 Å². The summed E-state index contributed by atoms with van der Waals surface area (Å²) in [6.45, 7) is 3.49. The molecule has 5 rings (SSSR count). The summed E-state index contributed by atoms with van der Waals surface area (Å²) in [5.74, 6) is -3.75. The van der Waals surface area contributed by atoms with Crippen LogP contribution in [0.25, 0.3) is 0 Å². The van der Waals surface area contributed by atoms with Gasteiger partial charge < -0.3 is 9.47 Å². The molecule has 7 nitrogen and oxygen atoms in total. The lowest BCUT2D eigenvalue weighted by Gasteiger charge is -2.35. The van der Waals surface area contributed by atoms with Gasteiger partial charge in [0.05, 0.1) is 58.7 Å². The molecule has 0 unspecified atom stereocenters. The number of alkyl halides is 3. The van der Waals surface area contributed by atoms with Crippen molar-refractivity contribution in [2.75, 3.05) is 11.5 Å². The van der Waals surface area contributed by atoms with Crippen molar-refractivity contribution in [1.29, 1.82) is 5.26 Å². The molecular weight excluding hydrogens is 470 g/mol. The molecule has 0 saturated carbocycles. The first-order chi connectivity index (χ1) is 16.4. The Morgan fingerprint density at radius 1 is 1.20 bits per heavy atom. The van der Waals surface area contributed by atoms with Gasteiger partial charge in [0, 0.05) is 12.0 Å². The molecule has 3 aliphatic rings. The molecule has 1 aromatic heterocycles. The first-order valence-electron chi connectivity index (χ1n) is 10.8. The zero-order chi connectivity index (χ0) is 25.3. The number of rotatable bonds is 4. The number of fused-ring (bicyclic) bond motifs is 5. The number of ether oxygens (including phenoxy) is 2. The predicted molar refractivity (Wildman–Crippen MR) is 111 cm³/mol. The molecule has 2 bridgehead atoms. The molecule has 0 aliphatic carbocycles. The van der Waals surface area contributed by atoms with E-state index in [-0.39, 0.29) is 24.1 Å². The summed E-state index contributed by atoms with van der Waals surface area (Å²) >= 11 is 0. The zero-order valence-electron chi connectivity index (χ0n) is 18.6. The molecule has 182 valence electrons. The van der Waals surface area contributed by atoms with E-state index in [4.69, 9.17) is 14.7 Å². The number of pyridine rings is 1. The number of aromatic nitrogens is 1. The molecule has 3 saturated heterocycles. The zero-order valence-corrected chi connectivity index (χ0v) is 18.6. The van der Waals surface area contributed by atoms with E-state index in [0.29, 0.717) is 12.5 Å². The topological polar surface area (TPSA) is 92.5 Å². The molecule has 3 aliphatic heterocycles. The number of hydrogen-bond acceptors (Lipinski definition) is 6. The highest BCUT2D eigenvalue weighted by atomic mass is 19.4. The van der Waals surface area contributed by atoms with Gasteiger partial charge in [-0.05, 0) is 44.5 Å². The third-order valence-electron chi connectivity index (χ3n) is 7.32. The average molecular weight is 489 g/mol. The monoisotopic (exact) mass is 489 g/mol. The Kier molecular flexibility index (Phi) is 4.97. The van der Waals surface area contributed by atoms with Crippen LogP contribution in [0.1, 0.15) is 31.4 Å². The standard InChI is InChI=1S/C24H19F4N3O4/c1-22-8-13(11-34-17-6-4-14(25)10-30-17)23(2,35-22)19-18(22)20(32)31(21(19)33)15-5-3-12(9-29)16(7-15)24(26,27)28/h3-7,10,13,18-19H,8,11H2,1-2H3/t13-,18+,19-,22+,23-/m0/s1. The summed E-state index contributed by atoms with van der Waals surface area (Å²) in [6, 6.07) is 6.82. The predicted octanol–water partition coefficient (Wildman–Crippen LogP) is 3.86. The van der Waals surface area contributed by atoms with Crippen molar-refractivity contribution in [3.63, 3.8) is 0 Å². The fourth-order valence-corrected chi connectivity index (χ4v) is 5.80. The second-order valence-electron chi connectivity index (χ2n) is 9.43. The lowest BCUT2D eigenvalue weighted by atomic mass is 9.64. The third kappa shape index (κ3) is 3.38. The van der Waals surface area contributed by atoms with Crippen LogP contribution in [-0.4, -0.2) is 34.6 Å². The Balaban J connectivity index is 1.45. The van der Waals surface area contributed by atoms with Crippen LogP contribution in [0, 0.1) is 34.9 Å². The van der Waals surface area contributed by atoms with Crippen LogP contribution < -0.4 is 9.64 Å². The number of imide groups is 1. The second kappa shape index (κ2) is 7.49. The lowest BCUT2D eigenvalue weighted by Crippen LogP contribution is -2.48. The van der Waals surface area contributed by atoms with E-state index in [1.807, 2.05) is 0 Å². The molecule has 5 atom stereocenters. The molecule has 2 amide bonds. The molecular formula is C24H19F4N3O4. The number of nitriles is 1. The maximum Gasteiger partial charge on any atom is 0.417 e. The Labute approximate surface area is 197 Å². The van der Waals surface area contributed by atoms with Crippen molar-refractivity contribution in [3.8, 4) is 11.9 Å². The number of carbonyl (C=O) groups excluding carboxylic acids is 2. The summed E-state index contributed by atoms with van der Waals surface area (Å²) < 4.78 is 65.5. The van der Waals surface area contributed by atoms with Crippen LogP contribution in [0.2, 0.25) is 0 Å². The molecule has 0 N–H and O–H groups in total. The maximum atomic E-state index is 13.5. The minimum Gasteiger partial charge on any atom is -0.477 e. The van der Waals surface area contributed by atoms with Gasteiger partial charge >= 0.3 is 6.18 Å². The summed E-state index contributed by atoms with van der Waals surface area (Å²) in [5.41, 5.74) is -4.19. The van der Waals surface area contributed by atoms with E-state index in [1.165, 1.54) is 24.3 Å². The summed E-state index contributed by atoms with van der Waals surface area (Å²) in [6.07, 6.45) is -3.45. The number of carbonyl (C=O) groups is 2. The molecule has 11 heteroatoms. The SMILES string of the molecule is C[C@]12O[C@](C)(C[C@H]1COc1ccc(F)cn1)[C@H]1C(=O)N(c3ccc(C#N)c(C(F)(F)F)c3)C(=O)[C@H]12. The van der Waals surface area contributed by atoms with Crippen molar-refractivity contribution in [2.24, 2.45) is 17.8 Å². The van der Waals surface area contributed by atoms with Crippen LogP contribution in [0.4, 0.5) is 23.2 Å². The van der Waals surface area contributed by atoms with Crippen molar-refractivity contribution in [1.82, 2.24) is 4.98 Å². The first-order valence-corrected chi connectivity index (χ1v) is 10.8. The number of hydrogen-bond donors (Lipinski definition) is 0. The van der Waals surface area contributed by atoms with E-state index in [0.717, 1.165) is 17.2 Å². The Morgan fingerprint density at radius 3 is 2.54 bits per heavy atom. The number of anilines is 1. The summed E-state index contributed by atoms with van der Waals surface area (Å²) in [7, 11) is 0. The Hall–Kier alpha value is -3.52. The normalized spacial score (nSPS) is 31.6. The highest BCUT2D eigenvalue weighted by Gasteiger charge is 2.75. The van der Waals surface area contributed by atoms with E-state index >= 15 is 0 Å². The summed E-state index contributed by atoms with van der Waals surface area (Å²) in [4.78, 5) is 31.5. The van der Waals surface area contributed by atoms with Crippen molar-refractivity contribution >= 4 is 17.5 Å². The summed E-state index contributed by atoms with van der Waals surface area (Å²) in [5, 5.41) is 9.05. The van der Waals surface area contributed by atoms with E-state index < -0.39 is 58.0 Å². The van der Waals surface area contributed by atoms with Crippen LogP contribution in [-0.2, 0) is 20.5 Å². The van der Waals surface area contributed by atoms with Crippen molar-refractivity contribution in [2.45, 2.75) is 37.6 Å². The second-order valence-corrected chi connectivity index (χ2v) is 9.43. The van der Waals surface area contributed by atoms with Crippen LogP contribution in [0.3, 0.4) is 0 Å². The van der Waals surface area contributed by atoms with Gasteiger partial charge in [-0.3, -0.25) is 9.59 Å². The fraction of sp³-hybridized carbons (Fsp3) is 0.417. The average Bonchev–Trinajstić information content (AvgIpc) is 3.32. The Morgan fingerprint density at radius 2 is 1.91 bits per heavy atom. The van der Waals surface area contributed by atoms with Crippen molar-refractivity contribution < 1.29 is 36.6 Å². The smallest absolute Gasteiger partial charge is 0.417 e. The minimum atomic E-state index is -4.83. The van der Waals surface area contributed by atoms with Gasteiger partial charge in [0.15, 0.2) is 0 Å². The van der Waals surface area contributed by atoms with Crippen LogP contribution >= 0.6 is 0 Å². The van der Waals surface area contributed by atoms with Gasteiger partial charge in [0.1, 0.15) is 5.82 Å². The molecule has 3 fully saturated rings. The molecule has 2 aromatic rings. The highest BCUT2D eigenvalue weighted by molar-refractivity contribution is 6.23. The Bertz CT molecular complexity index is 1280. The number of nitrogens with zero attached hydrogens (tertiary/aromatic N) is 3. The molecule has 1 aromatic carbocycles. The van der Waals surface area contributed by atoms with E-state index in [2.05, 4.69) is 4.98 Å². The quantitative estimate of drug-likeness (QED) is 0.479. The van der Waals surface area contributed by atoms with Gasteiger partial charge in [-0.1, -0.05) is 0 Å². The number of halogens is 4. The molecule has 4 heterocycles. The third-order valence-corrected chi connectivity index (χ3v) is 7.32. The van der Waals surface area contributed by atoms with Crippen LogP contribution in [0.15, 0.2) is 36.5 Å². The molecule has 0 spiro atoms. The number of benzene rings is 1. The molecule has 35 heavy (non-hydrogen) atoms.